The lowest BCUT2D eigenvalue weighted by Crippen LogP contribution is -2.29. The summed E-state index contributed by atoms with van der Waals surface area (Å²) in [7, 11) is 0. The van der Waals surface area contributed by atoms with Gasteiger partial charge in [0.05, 0.1) is 6.54 Å². The van der Waals surface area contributed by atoms with Gasteiger partial charge in [-0.3, -0.25) is 9.69 Å². The molecule has 1 unspecified atom stereocenters. The molecule has 0 aliphatic heterocycles. The van der Waals surface area contributed by atoms with Crippen LogP contribution >= 0.6 is 0 Å². The number of aliphatic hydroxyl groups is 1. The van der Waals surface area contributed by atoms with Crippen LogP contribution in [0.2, 0.25) is 0 Å². The monoisotopic (exact) mass is 296 g/mol. The Labute approximate surface area is 127 Å². The van der Waals surface area contributed by atoms with Crippen molar-refractivity contribution in [3.63, 3.8) is 0 Å². The van der Waals surface area contributed by atoms with Crippen molar-refractivity contribution in [3.05, 3.63) is 23.7 Å². The van der Waals surface area contributed by atoms with Gasteiger partial charge < -0.3 is 14.8 Å². The molecule has 0 aromatic carbocycles. The Morgan fingerprint density at radius 2 is 2.05 bits per heavy atom. The molecular formula is C16H28N2O3. The molecule has 0 saturated carbocycles. The third kappa shape index (κ3) is 5.89. The highest BCUT2D eigenvalue weighted by atomic mass is 16.4. The zero-order chi connectivity index (χ0) is 15.7. The van der Waals surface area contributed by atoms with Crippen molar-refractivity contribution in [1.82, 2.24) is 10.2 Å². The standard InChI is InChI=1S/C16H28N2O3/c1-4-13(9-10-19)11-17-16(20)15-8-7-14(21-15)12-18(5-2)6-3/h7-8,13,19H,4-6,9-12H2,1-3H3,(H,17,20). The predicted molar refractivity (Wildman–Crippen MR) is 83.2 cm³/mol. The second-order valence-electron chi connectivity index (χ2n) is 5.22. The first kappa shape index (κ1) is 17.7. The van der Waals surface area contributed by atoms with Crippen LogP contribution in [0.25, 0.3) is 0 Å². The van der Waals surface area contributed by atoms with Gasteiger partial charge in [0.15, 0.2) is 5.76 Å². The van der Waals surface area contributed by atoms with Crippen molar-refractivity contribution in [2.45, 2.75) is 40.2 Å². The van der Waals surface area contributed by atoms with Crippen molar-refractivity contribution in [2.24, 2.45) is 5.92 Å². The topological polar surface area (TPSA) is 65.7 Å². The summed E-state index contributed by atoms with van der Waals surface area (Å²) in [6.07, 6.45) is 1.65. The molecule has 5 nitrogen and oxygen atoms in total. The second kappa shape index (κ2) is 9.58. The van der Waals surface area contributed by atoms with Crippen LogP contribution in [0.15, 0.2) is 16.5 Å². The van der Waals surface area contributed by atoms with E-state index in [9.17, 15) is 4.79 Å². The molecule has 0 spiro atoms. The number of nitrogens with one attached hydrogen (secondary N) is 1. The highest BCUT2D eigenvalue weighted by Gasteiger charge is 2.14. The number of aliphatic hydroxyl groups excluding tert-OH is 1. The van der Waals surface area contributed by atoms with E-state index in [0.717, 1.165) is 31.8 Å². The molecule has 1 aromatic rings. The molecule has 1 aromatic heterocycles. The van der Waals surface area contributed by atoms with E-state index in [-0.39, 0.29) is 12.5 Å². The summed E-state index contributed by atoms with van der Waals surface area (Å²) in [6, 6.07) is 3.58. The number of hydrogen-bond donors (Lipinski definition) is 2. The van der Waals surface area contributed by atoms with Gasteiger partial charge in [-0.05, 0) is 37.6 Å². The molecule has 1 amide bonds. The van der Waals surface area contributed by atoms with E-state index in [1.165, 1.54) is 0 Å². The summed E-state index contributed by atoms with van der Waals surface area (Å²) in [6.45, 7) is 9.63. The summed E-state index contributed by atoms with van der Waals surface area (Å²) in [5, 5.41) is 11.8. The van der Waals surface area contributed by atoms with Crippen molar-refractivity contribution >= 4 is 5.91 Å². The molecule has 0 radical (unpaired) electrons. The summed E-state index contributed by atoms with van der Waals surface area (Å²) < 4.78 is 5.60. The van der Waals surface area contributed by atoms with Crippen LogP contribution in [-0.2, 0) is 6.54 Å². The molecule has 1 heterocycles. The van der Waals surface area contributed by atoms with Crippen molar-refractivity contribution < 1.29 is 14.3 Å². The molecule has 1 rings (SSSR count). The van der Waals surface area contributed by atoms with Crippen LogP contribution in [0.1, 0.15) is 49.9 Å². The van der Waals surface area contributed by atoms with Crippen molar-refractivity contribution in [3.8, 4) is 0 Å². The van der Waals surface area contributed by atoms with E-state index in [4.69, 9.17) is 9.52 Å². The minimum absolute atomic E-state index is 0.156. The zero-order valence-electron chi connectivity index (χ0n) is 13.4. The number of nitrogens with zero attached hydrogens (tertiary/aromatic N) is 1. The van der Waals surface area contributed by atoms with Gasteiger partial charge in [0.25, 0.3) is 5.91 Å². The molecule has 0 aliphatic rings. The fourth-order valence-electron chi connectivity index (χ4n) is 2.21. The maximum atomic E-state index is 12.0. The molecule has 0 bridgehead atoms. The number of carbonyl (C=O) groups excluding carboxylic acids is 1. The second-order valence-corrected chi connectivity index (χ2v) is 5.22. The maximum absolute atomic E-state index is 12.0. The average Bonchev–Trinajstić information content (AvgIpc) is 2.97. The number of hydrogen-bond acceptors (Lipinski definition) is 4. The van der Waals surface area contributed by atoms with Crippen LogP contribution < -0.4 is 5.32 Å². The highest BCUT2D eigenvalue weighted by Crippen LogP contribution is 2.11. The third-order valence-electron chi connectivity index (χ3n) is 3.83. The Kier molecular flexibility index (Phi) is 8.08. The first-order valence-electron chi connectivity index (χ1n) is 7.84. The minimum Gasteiger partial charge on any atom is -0.455 e. The minimum atomic E-state index is -0.183. The molecule has 5 heteroatoms. The van der Waals surface area contributed by atoms with Crippen LogP contribution in [0.3, 0.4) is 0 Å². The van der Waals surface area contributed by atoms with E-state index in [0.29, 0.717) is 24.6 Å². The van der Waals surface area contributed by atoms with E-state index in [2.05, 4.69) is 31.0 Å². The fraction of sp³-hybridized carbons (Fsp3) is 0.688. The maximum Gasteiger partial charge on any atom is 0.287 e. The van der Waals surface area contributed by atoms with Crippen LogP contribution in [0.4, 0.5) is 0 Å². The smallest absolute Gasteiger partial charge is 0.287 e. The first-order chi connectivity index (χ1) is 10.1. The Morgan fingerprint density at radius 1 is 1.33 bits per heavy atom. The third-order valence-corrected chi connectivity index (χ3v) is 3.83. The molecule has 0 saturated heterocycles. The Hall–Kier alpha value is -1.33. The lowest BCUT2D eigenvalue weighted by Gasteiger charge is -2.16. The highest BCUT2D eigenvalue weighted by molar-refractivity contribution is 5.91. The number of rotatable bonds is 10. The first-order valence-corrected chi connectivity index (χ1v) is 7.84. The van der Waals surface area contributed by atoms with Gasteiger partial charge in [-0.15, -0.1) is 0 Å². The summed E-state index contributed by atoms with van der Waals surface area (Å²) in [5.41, 5.74) is 0. The van der Waals surface area contributed by atoms with Crippen LogP contribution in [0.5, 0.6) is 0 Å². The molecular weight excluding hydrogens is 268 g/mol. The SMILES string of the molecule is CCC(CCO)CNC(=O)c1ccc(CN(CC)CC)o1. The van der Waals surface area contributed by atoms with Gasteiger partial charge in [-0.25, -0.2) is 0 Å². The van der Waals surface area contributed by atoms with E-state index in [1.54, 1.807) is 6.07 Å². The molecule has 120 valence electrons. The molecule has 0 fully saturated rings. The van der Waals surface area contributed by atoms with Gasteiger partial charge in [0.1, 0.15) is 5.76 Å². The predicted octanol–water partition coefficient (Wildman–Crippen LogP) is 2.26. The Bertz CT molecular complexity index is 413. The number of carbonyl (C=O) groups is 1. The van der Waals surface area contributed by atoms with E-state index in [1.807, 2.05) is 6.07 Å². The van der Waals surface area contributed by atoms with Crippen LogP contribution in [0, 0.1) is 5.92 Å². The lowest BCUT2D eigenvalue weighted by molar-refractivity contribution is 0.0912. The average molecular weight is 296 g/mol. The molecule has 0 aliphatic carbocycles. The molecule has 2 N–H and O–H groups in total. The van der Waals surface area contributed by atoms with Gasteiger partial charge >= 0.3 is 0 Å². The zero-order valence-corrected chi connectivity index (χ0v) is 13.4. The van der Waals surface area contributed by atoms with Crippen molar-refractivity contribution in [2.75, 3.05) is 26.2 Å². The van der Waals surface area contributed by atoms with E-state index >= 15 is 0 Å². The van der Waals surface area contributed by atoms with E-state index < -0.39 is 0 Å². The largest absolute Gasteiger partial charge is 0.455 e. The normalized spacial score (nSPS) is 12.6. The van der Waals surface area contributed by atoms with Crippen LogP contribution in [-0.4, -0.2) is 42.2 Å². The summed E-state index contributed by atoms with van der Waals surface area (Å²) in [4.78, 5) is 14.3. The number of furan rings is 1. The van der Waals surface area contributed by atoms with Crippen molar-refractivity contribution in [1.29, 1.82) is 0 Å². The Balaban J connectivity index is 2.49. The fourth-order valence-corrected chi connectivity index (χ4v) is 2.21. The molecule has 21 heavy (non-hydrogen) atoms. The van der Waals surface area contributed by atoms with Gasteiger partial charge in [-0.2, -0.15) is 0 Å². The van der Waals surface area contributed by atoms with Gasteiger partial charge in [0, 0.05) is 13.2 Å². The lowest BCUT2D eigenvalue weighted by atomic mass is 10.0. The summed E-state index contributed by atoms with van der Waals surface area (Å²) in [5.74, 6) is 1.29. The van der Waals surface area contributed by atoms with Gasteiger partial charge in [-0.1, -0.05) is 27.2 Å². The number of amides is 1. The molecule has 1 atom stereocenters. The Morgan fingerprint density at radius 3 is 2.62 bits per heavy atom. The quantitative estimate of drug-likeness (QED) is 0.695. The summed E-state index contributed by atoms with van der Waals surface area (Å²) >= 11 is 0. The van der Waals surface area contributed by atoms with Gasteiger partial charge in [0.2, 0.25) is 0 Å².